The van der Waals surface area contributed by atoms with Crippen LogP contribution in [0.3, 0.4) is 0 Å². The second-order valence-corrected chi connectivity index (χ2v) is 7.15. The molecule has 3 aromatic rings. The van der Waals surface area contributed by atoms with E-state index in [2.05, 4.69) is 15.6 Å². The van der Waals surface area contributed by atoms with Crippen LogP contribution in [-0.2, 0) is 16.0 Å². The Morgan fingerprint density at radius 2 is 1.67 bits per heavy atom. The Kier molecular flexibility index (Phi) is 4.67. The van der Waals surface area contributed by atoms with E-state index in [0.29, 0.717) is 6.42 Å². The minimum absolute atomic E-state index is 0.109. The van der Waals surface area contributed by atoms with Crippen molar-refractivity contribution in [3.05, 3.63) is 71.9 Å². The molecule has 1 saturated heterocycles. The number of para-hydroxylation sites is 1. The quantitative estimate of drug-likeness (QED) is 0.654. The van der Waals surface area contributed by atoms with Gasteiger partial charge in [0.15, 0.2) is 0 Å². The first kappa shape index (κ1) is 17.3. The number of rotatable bonds is 5. The van der Waals surface area contributed by atoms with Gasteiger partial charge in [0.1, 0.15) is 12.1 Å². The molecule has 0 bridgehead atoms. The van der Waals surface area contributed by atoms with Crippen LogP contribution < -0.4 is 10.6 Å². The molecule has 1 unspecified atom stereocenters. The van der Waals surface area contributed by atoms with Crippen LogP contribution in [-0.4, -0.2) is 28.9 Å². The Morgan fingerprint density at radius 1 is 0.926 bits per heavy atom. The number of fused-ring (bicyclic) bond motifs is 1. The molecule has 0 aliphatic carbocycles. The van der Waals surface area contributed by atoms with E-state index < -0.39 is 12.1 Å². The van der Waals surface area contributed by atoms with Gasteiger partial charge in [-0.15, -0.1) is 0 Å². The van der Waals surface area contributed by atoms with E-state index >= 15 is 0 Å². The first-order valence-electron chi connectivity index (χ1n) is 9.34. The van der Waals surface area contributed by atoms with Crippen molar-refractivity contribution < 1.29 is 9.59 Å². The zero-order valence-corrected chi connectivity index (χ0v) is 15.2. The van der Waals surface area contributed by atoms with Crippen LogP contribution in [0, 0.1) is 0 Å². The van der Waals surface area contributed by atoms with Gasteiger partial charge >= 0.3 is 0 Å². The molecule has 4 rings (SSSR count). The summed E-state index contributed by atoms with van der Waals surface area (Å²) >= 11 is 0. The summed E-state index contributed by atoms with van der Waals surface area (Å²) < 4.78 is 0. The highest BCUT2D eigenvalue weighted by atomic mass is 16.2. The maximum Gasteiger partial charge on any atom is 0.243 e. The summed E-state index contributed by atoms with van der Waals surface area (Å²) in [6, 6.07) is 16.9. The number of carbonyl (C=O) groups is 2. The molecule has 2 aromatic carbocycles. The SMILES string of the molecule is CC(c1c[nH]c2ccccc12)[C@H]1NC(=O)[C@H](CCc2ccccc2)NC1=O. The van der Waals surface area contributed by atoms with Crippen molar-refractivity contribution >= 4 is 22.7 Å². The van der Waals surface area contributed by atoms with E-state index in [4.69, 9.17) is 0 Å². The molecule has 1 fully saturated rings. The highest BCUT2D eigenvalue weighted by Gasteiger charge is 2.37. The fraction of sp³-hybridized carbons (Fsp3) is 0.273. The van der Waals surface area contributed by atoms with Crippen molar-refractivity contribution in [3.8, 4) is 0 Å². The number of amides is 2. The van der Waals surface area contributed by atoms with E-state index in [-0.39, 0.29) is 17.7 Å². The van der Waals surface area contributed by atoms with Gasteiger partial charge in [-0.3, -0.25) is 9.59 Å². The molecule has 5 heteroatoms. The Morgan fingerprint density at radius 3 is 2.48 bits per heavy atom. The Hall–Kier alpha value is -3.08. The lowest BCUT2D eigenvalue weighted by Crippen LogP contribution is -2.63. The molecular weight excluding hydrogens is 338 g/mol. The molecule has 0 saturated carbocycles. The summed E-state index contributed by atoms with van der Waals surface area (Å²) in [5.74, 6) is -0.354. The smallest absolute Gasteiger partial charge is 0.243 e. The first-order valence-corrected chi connectivity index (χ1v) is 9.34. The molecule has 5 nitrogen and oxygen atoms in total. The average molecular weight is 361 g/mol. The second-order valence-electron chi connectivity index (χ2n) is 7.15. The molecular formula is C22H23N3O2. The number of benzene rings is 2. The van der Waals surface area contributed by atoms with E-state index in [1.54, 1.807) is 0 Å². The van der Waals surface area contributed by atoms with Crippen LogP contribution >= 0.6 is 0 Å². The predicted octanol–water partition coefficient (Wildman–Crippen LogP) is 2.89. The number of nitrogens with one attached hydrogen (secondary N) is 3. The standard InChI is InChI=1S/C22H23N3O2/c1-14(17-13-23-18-10-6-5-9-16(17)18)20-22(27)24-19(21(26)25-20)12-11-15-7-3-2-4-8-15/h2-10,13-14,19-20,23H,11-12H2,1H3,(H,24,27)(H,25,26)/t14?,19-,20+/m0/s1. The van der Waals surface area contributed by atoms with Crippen molar-refractivity contribution in [2.75, 3.05) is 0 Å². The maximum absolute atomic E-state index is 12.7. The molecule has 138 valence electrons. The van der Waals surface area contributed by atoms with Gasteiger partial charge in [-0.25, -0.2) is 0 Å². The summed E-state index contributed by atoms with van der Waals surface area (Å²) in [5.41, 5.74) is 3.23. The molecule has 27 heavy (non-hydrogen) atoms. The van der Waals surface area contributed by atoms with Gasteiger partial charge in [-0.2, -0.15) is 0 Å². The third-order valence-corrected chi connectivity index (χ3v) is 5.39. The molecule has 0 spiro atoms. The van der Waals surface area contributed by atoms with Crippen LogP contribution in [0.1, 0.15) is 30.4 Å². The number of carbonyl (C=O) groups excluding carboxylic acids is 2. The Balaban J connectivity index is 1.45. The number of hydrogen-bond acceptors (Lipinski definition) is 2. The third kappa shape index (κ3) is 3.45. The molecule has 2 amide bonds. The Labute approximate surface area is 158 Å². The van der Waals surface area contributed by atoms with E-state index in [1.807, 2.05) is 67.7 Å². The molecule has 1 aliphatic rings. The molecule has 0 radical (unpaired) electrons. The lowest BCUT2D eigenvalue weighted by atomic mass is 9.90. The number of H-pyrrole nitrogens is 1. The zero-order valence-electron chi connectivity index (χ0n) is 15.2. The highest BCUT2D eigenvalue weighted by Crippen LogP contribution is 2.28. The summed E-state index contributed by atoms with van der Waals surface area (Å²) in [5, 5.41) is 6.94. The van der Waals surface area contributed by atoms with E-state index in [9.17, 15) is 9.59 Å². The van der Waals surface area contributed by atoms with Crippen LogP contribution in [0.15, 0.2) is 60.8 Å². The van der Waals surface area contributed by atoms with Crippen molar-refractivity contribution in [3.63, 3.8) is 0 Å². The minimum Gasteiger partial charge on any atom is -0.361 e. The van der Waals surface area contributed by atoms with Gasteiger partial charge in [0.05, 0.1) is 0 Å². The molecule has 3 N–H and O–H groups in total. The number of aromatic amines is 1. The topological polar surface area (TPSA) is 74.0 Å². The van der Waals surface area contributed by atoms with Crippen molar-refractivity contribution in [1.82, 2.24) is 15.6 Å². The first-order chi connectivity index (χ1) is 13.1. The normalized spacial score (nSPS) is 20.9. The van der Waals surface area contributed by atoms with Crippen molar-refractivity contribution in [2.24, 2.45) is 0 Å². The van der Waals surface area contributed by atoms with Gasteiger partial charge in [-0.1, -0.05) is 55.5 Å². The lowest BCUT2D eigenvalue weighted by molar-refractivity contribution is -0.137. The van der Waals surface area contributed by atoms with E-state index in [1.165, 1.54) is 0 Å². The second kappa shape index (κ2) is 7.27. The minimum atomic E-state index is -0.565. The summed E-state index contributed by atoms with van der Waals surface area (Å²) in [6.07, 6.45) is 3.27. The van der Waals surface area contributed by atoms with Crippen molar-refractivity contribution in [1.29, 1.82) is 0 Å². The zero-order chi connectivity index (χ0) is 18.8. The molecule has 2 heterocycles. The number of hydrogen-bond donors (Lipinski definition) is 3. The van der Waals surface area contributed by atoms with E-state index in [0.717, 1.165) is 28.5 Å². The van der Waals surface area contributed by atoms with Crippen molar-refractivity contribution in [2.45, 2.75) is 37.8 Å². The van der Waals surface area contributed by atoms with Crippen LogP contribution in [0.25, 0.3) is 10.9 Å². The lowest BCUT2D eigenvalue weighted by Gasteiger charge is -2.33. The number of piperazine rings is 1. The summed E-state index contributed by atoms with van der Waals surface area (Å²) in [7, 11) is 0. The fourth-order valence-electron chi connectivity index (χ4n) is 3.81. The third-order valence-electron chi connectivity index (χ3n) is 5.39. The van der Waals surface area contributed by atoms with Crippen LogP contribution in [0.4, 0.5) is 0 Å². The van der Waals surface area contributed by atoms with Gasteiger partial charge in [0.25, 0.3) is 0 Å². The summed E-state index contributed by atoms with van der Waals surface area (Å²) in [4.78, 5) is 28.5. The average Bonchev–Trinajstić information content (AvgIpc) is 3.13. The van der Waals surface area contributed by atoms with Crippen LogP contribution in [0.5, 0.6) is 0 Å². The maximum atomic E-state index is 12.7. The Bertz CT molecular complexity index is 964. The fourth-order valence-corrected chi connectivity index (χ4v) is 3.81. The van der Waals surface area contributed by atoms with Gasteiger partial charge in [-0.05, 0) is 30.0 Å². The van der Waals surface area contributed by atoms with Gasteiger partial charge in [0, 0.05) is 23.0 Å². The highest BCUT2D eigenvalue weighted by molar-refractivity contribution is 5.98. The van der Waals surface area contributed by atoms with Crippen LogP contribution in [0.2, 0.25) is 0 Å². The van der Waals surface area contributed by atoms with Gasteiger partial charge < -0.3 is 15.6 Å². The number of aryl methyl sites for hydroxylation is 1. The molecule has 1 aliphatic heterocycles. The largest absolute Gasteiger partial charge is 0.361 e. The monoisotopic (exact) mass is 361 g/mol. The summed E-state index contributed by atoms with van der Waals surface area (Å²) in [6.45, 7) is 1.98. The van der Waals surface area contributed by atoms with Gasteiger partial charge in [0.2, 0.25) is 11.8 Å². The molecule has 3 atom stereocenters. The molecule has 1 aromatic heterocycles. The predicted molar refractivity (Wildman–Crippen MR) is 105 cm³/mol. The number of aromatic nitrogens is 1.